The van der Waals surface area contributed by atoms with Crippen molar-refractivity contribution < 1.29 is 4.79 Å². The zero-order valence-electron chi connectivity index (χ0n) is 9.58. The van der Waals surface area contributed by atoms with Crippen LogP contribution >= 0.6 is 39.1 Å². The van der Waals surface area contributed by atoms with Crippen LogP contribution in [0, 0.1) is 0 Å². The Balaban J connectivity index is 2.28. The van der Waals surface area contributed by atoms with Crippen molar-refractivity contribution in [2.24, 2.45) is 0 Å². The number of rotatable bonds is 2. The van der Waals surface area contributed by atoms with Gasteiger partial charge in [0, 0.05) is 15.8 Å². The second-order valence-electron chi connectivity index (χ2n) is 3.79. The molecule has 0 fully saturated rings. The first kappa shape index (κ1) is 14.2. The molecule has 2 rings (SSSR count). The fraction of sp³-hybridized carbons (Fsp3) is 0. The number of hydrogen-bond donors (Lipinski definition) is 2. The average Bonchev–Trinajstić information content (AvgIpc) is 2.33. The third kappa shape index (κ3) is 3.21. The Kier molecular flexibility index (Phi) is 4.34. The van der Waals surface area contributed by atoms with Crippen LogP contribution in [0.3, 0.4) is 0 Å². The molecule has 0 bridgehead atoms. The minimum absolute atomic E-state index is 0.253. The largest absolute Gasteiger partial charge is 0.398 e. The van der Waals surface area contributed by atoms with Crippen molar-refractivity contribution in [3.8, 4) is 0 Å². The molecule has 0 aliphatic heterocycles. The van der Waals surface area contributed by atoms with Crippen LogP contribution < -0.4 is 11.1 Å². The zero-order valence-corrected chi connectivity index (χ0v) is 12.7. The number of nitrogens with one attached hydrogen (secondary N) is 1. The average molecular weight is 360 g/mol. The van der Waals surface area contributed by atoms with E-state index >= 15 is 0 Å². The summed E-state index contributed by atoms with van der Waals surface area (Å²) in [5, 5.41) is 3.51. The zero-order chi connectivity index (χ0) is 14.0. The highest BCUT2D eigenvalue weighted by atomic mass is 79.9. The highest BCUT2D eigenvalue weighted by Gasteiger charge is 2.14. The molecular weight excluding hydrogens is 351 g/mol. The molecule has 98 valence electrons. The molecule has 2 aromatic rings. The van der Waals surface area contributed by atoms with Crippen molar-refractivity contribution in [3.63, 3.8) is 0 Å². The molecule has 0 spiro atoms. The van der Waals surface area contributed by atoms with Gasteiger partial charge in [0.2, 0.25) is 0 Å². The number of nitrogen functional groups attached to an aromatic ring is 1. The molecule has 0 aliphatic rings. The standard InChI is InChI=1S/C13H9BrCl2N2O/c14-8-5-4-7(6-10(8)16)18-13(19)12-9(15)2-1-3-11(12)17/h1-6H,17H2,(H,18,19). The second kappa shape index (κ2) is 5.82. The van der Waals surface area contributed by atoms with Gasteiger partial charge in [0.15, 0.2) is 0 Å². The first-order valence-electron chi connectivity index (χ1n) is 5.29. The Hall–Kier alpha value is -1.23. The van der Waals surface area contributed by atoms with Gasteiger partial charge in [-0.05, 0) is 46.3 Å². The number of carbonyl (C=O) groups excluding carboxylic acids is 1. The van der Waals surface area contributed by atoms with E-state index in [1.54, 1.807) is 36.4 Å². The second-order valence-corrected chi connectivity index (χ2v) is 5.46. The Morgan fingerprint density at radius 1 is 1.16 bits per heavy atom. The van der Waals surface area contributed by atoms with Crippen molar-refractivity contribution in [1.29, 1.82) is 0 Å². The summed E-state index contributed by atoms with van der Waals surface area (Å²) in [4.78, 5) is 12.1. The van der Waals surface area contributed by atoms with E-state index < -0.39 is 0 Å². The van der Waals surface area contributed by atoms with Gasteiger partial charge in [-0.2, -0.15) is 0 Å². The van der Waals surface area contributed by atoms with Crippen LogP contribution in [0.25, 0.3) is 0 Å². The molecule has 0 aromatic heterocycles. The molecular formula is C13H9BrCl2N2O. The fourth-order valence-corrected chi connectivity index (χ4v) is 2.24. The van der Waals surface area contributed by atoms with Gasteiger partial charge in [-0.25, -0.2) is 0 Å². The van der Waals surface area contributed by atoms with Gasteiger partial charge in [-0.3, -0.25) is 4.79 Å². The normalized spacial score (nSPS) is 10.3. The molecule has 0 atom stereocenters. The predicted molar refractivity (Wildman–Crippen MR) is 83.0 cm³/mol. The lowest BCUT2D eigenvalue weighted by Gasteiger charge is -2.09. The van der Waals surface area contributed by atoms with Crippen LogP contribution in [0.4, 0.5) is 11.4 Å². The number of halogens is 3. The Morgan fingerprint density at radius 2 is 1.89 bits per heavy atom. The third-order valence-corrected chi connectivity index (χ3v) is 4.00. The lowest BCUT2D eigenvalue weighted by atomic mass is 10.1. The van der Waals surface area contributed by atoms with Gasteiger partial charge in [0.25, 0.3) is 5.91 Å². The van der Waals surface area contributed by atoms with Crippen LogP contribution in [-0.4, -0.2) is 5.91 Å². The molecule has 6 heteroatoms. The summed E-state index contributed by atoms with van der Waals surface area (Å²) in [6, 6.07) is 10.0. The van der Waals surface area contributed by atoms with E-state index in [0.29, 0.717) is 21.4 Å². The molecule has 0 unspecified atom stereocenters. The minimum atomic E-state index is -0.374. The van der Waals surface area contributed by atoms with E-state index in [2.05, 4.69) is 21.2 Å². The molecule has 0 radical (unpaired) electrons. The van der Waals surface area contributed by atoms with Gasteiger partial charge >= 0.3 is 0 Å². The van der Waals surface area contributed by atoms with Crippen molar-refractivity contribution in [1.82, 2.24) is 0 Å². The smallest absolute Gasteiger partial charge is 0.259 e. The Bertz CT molecular complexity index is 626. The van der Waals surface area contributed by atoms with Gasteiger partial charge in [-0.1, -0.05) is 29.3 Å². The van der Waals surface area contributed by atoms with E-state index in [4.69, 9.17) is 28.9 Å². The van der Waals surface area contributed by atoms with Crippen molar-refractivity contribution in [2.45, 2.75) is 0 Å². The molecule has 0 saturated heterocycles. The van der Waals surface area contributed by atoms with E-state index in [9.17, 15) is 4.79 Å². The first-order valence-corrected chi connectivity index (χ1v) is 6.84. The number of hydrogen-bond acceptors (Lipinski definition) is 2. The van der Waals surface area contributed by atoms with Gasteiger partial charge in [-0.15, -0.1) is 0 Å². The molecule has 1 amide bonds. The summed E-state index contributed by atoms with van der Waals surface area (Å²) in [5.41, 5.74) is 6.90. The van der Waals surface area contributed by atoms with Crippen LogP contribution in [0.1, 0.15) is 10.4 Å². The lowest BCUT2D eigenvalue weighted by molar-refractivity contribution is 0.102. The molecule has 3 N–H and O–H groups in total. The summed E-state index contributed by atoms with van der Waals surface area (Å²) >= 11 is 15.2. The number of nitrogens with two attached hydrogens (primary N) is 1. The maximum absolute atomic E-state index is 12.1. The molecule has 19 heavy (non-hydrogen) atoms. The monoisotopic (exact) mass is 358 g/mol. The third-order valence-electron chi connectivity index (χ3n) is 2.45. The van der Waals surface area contributed by atoms with Gasteiger partial charge in [0.1, 0.15) is 0 Å². The number of anilines is 2. The molecule has 0 heterocycles. The first-order chi connectivity index (χ1) is 8.99. The van der Waals surface area contributed by atoms with E-state index in [1.807, 2.05) is 0 Å². The fourth-order valence-electron chi connectivity index (χ4n) is 1.55. The summed E-state index contributed by atoms with van der Waals surface area (Å²) in [6.07, 6.45) is 0. The number of carbonyl (C=O) groups is 1. The molecule has 2 aromatic carbocycles. The lowest BCUT2D eigenvalue weighted by Crippen LogP contribution is -2.14. The van der Waals surface area contributed by atoms with Gasteiger partial charge < -0.3 is 11.1 Å². The SMILES string of the molecule is Nc1cccc(Cl)c1C(=O)Nc1ccc(Br)c(Cl)c1. The summed E-state index contributed by atoms with van der Waals surface area (Å²) < 4.78 is 0.754. The highest BCUT2D eigenvalue weighted by Crippen LogP contribution is 2.27. The maximum atomic E-state index is 12.1. The van der Waals surface area contributed by atoms with Crippen LogP contribution in [0.2, 0.25) is 10.0 Å². The Labute approximate surface area is 128 Å². The molecule has 3 nitrogen and oxygen atoms in total. The van der Waals surface area contributed by atoms with Crippen LogP contribution in [0.15, 0.2) is 40.9 Å². The van der Waals surface area contributed by atoms with Crippen LogP contribution in [-0.2, 0) is 0 Å². The van der Waals surface area contributed by atoms with E-state index in [1.165, 1.54) is 0 Å². The van der Waals surface area contributed by atoms with Crippen molar-refractivity contribution in [3.05, 3.63) is 56.5 Å². The summed E-state index contributed by atoms with van der Waals surface area (Å²) in [6.45, 7) is 0. The van der Waals surface area contributed by atoms with E-state index in [0.717, 1.165) is 4.47 Å². The summed E-state index contributed by atoms with van der Waals surface area (Å²) in [5.74, 6) is -0.374. The minimum Gasteiger partial charge on any atom is -0.398 e. The highest BCUT2D eigenvalue weighted by molar-refractivity contribution is 9.10. The summed E-state index contributed by atoms with van der Waals surface area (Å²) in [7, 11) is 0. The molecule has 0 saturated carbocycles. The maximum Gasteiger partial charge on any atom is 0.259 e. The number of benzene rings is 2. The van der Waals surface area contributed by atoms with Gasteiger partial charge in [0.05, 0.1) is 15.6 Å². The topological polar surface area (TPSA) is 55.1 Å². The van der Waals surface area contributed by atoms with Crippen molar-refractivity contribution in [2.75, 3.05) is 11.1 Å². The predicted octanol–water partition coefficient (Wildman–Crippen LogP) is 4.59. The molecule has 0 aliphatic carbocycles. The van der Waals surface area contributed by atoms with Crippen LogP contribution in [0.5, 0.6) is 0 Å². The number of amides is 1. The quantitative estimate of drug-likeness (QED) is 0.770. The van der Waals surface area contributed by atoms with Crippen molar-refractivity contribution >= 4 is 56.4 Å². The van der Waals surface area contributed by atoms with E-state index in [-0.39, 0.29) is 11.5 Å². The Morgan fingerprint density at radius 3 is 2.53 bits per heavy atom.